The van der Waals surface area contributed by atoms with Gasteiger partial charge in [-0.3, -0.25) is 24.5 Å². The predicted molar refractivity (Wildman–Crippen MR) is 105 cm³/mol. The number of carbonyl (C=O) groups excluding carboxylic acids is 3. The Morgan fingerprint density at radius 2 is 1.69 bits per heavy atom. The third kappa shape index (κ3) is 6.73. The third-order valence-corrected chi connectivity index (χ3v) is 3.95. The quantitative estimate of drug-likeness (QED) is 0.399. The van der Waals surface area contributed by atoms with Crippen LogP contribution in [0.4, 0.5) is 11.4 Å². The predicted octanol–water partition coefficient (Wildman–Crippen LogP) is 2.59. The number of anilines is 1. The highest BCUT2D eigenvalue weighted by molar-refractivity contribution is 5.95. The van der Waals surface area contributed by atoms with Crippen molar-refractivity contribution in [1.29, 1.82) is 0 Å². The fourth-order valence-electron chi connectivity index (χ4n) is 2.31. The van der Waals surface area contributed by atoms with E-state index in [4.69, 9.17) is 4.74 Å². The summed E-state index contributed by atoms with van der Waals surface area (Å²) in [6.45, 7) is 3.38. The Kier molecular flexibility index (Phi) is 7.41. The second-order valence-corrected chi connectivity index (χ2v) is 6.30. The lowest BCUT2D eigenvalue weighted by Gasteiger charge is -2.14. The van der Waals surface area contributed by atoms with E-state index in [1.54, 1.807) is 12.1 Å². The molecule has 0 aromatic heterocycles. The molecule has 2 aromatic rings. The normalized spacial score (nSPS) is 11.2. The highest BCUT2D eigenvalue weighted by atomic mass is 16.6. The largest absolute Gasteiger partial charge is 0.452 e. The Morgan fingerprint density at radius 3 is 2.28 bits per heavy atom. The number of amides is 2. The number of nitro benzene ring substituents is 1. The van der Waals surface area contributed by atoms with Gasteiger partial charge in [0.1, 0.15) is 0 Å². The minimum atomic E-state index is -0.992. The van der Waals surface area contributed by atoms with Crippen molar-refractivity contribution in [3.8, 4) is 0 Å². The SMILES string of the molecule is Cc1ccc(NC(=O)[C@H](C)OC(=O)CCNC(=O)c2ccc([N+](=O)[O-])cc2)cc1. The summed E-state index contributed by atoms with van der Waals surface area (Å²) >= 11 is 0. The van der Waals surface area contributed by atoms with Gasteiger partial charge in [-0.15, -0.1) is 0 Å². The van der Waals surface area contributed by atoms with E-state index >= 15 is 0 Å². The van der Waals surface area contributed by atoms with Crippen molar-refractivity contribution in [3.63, 3.8) is 0 Å². The molecule has 9 nitrogen and oxygen atoms in total. The van der Waals surface area contributed by atoms with Crippen LogP contribution in [-0.2, 0) is 14.3 Å². The molecule has 2 N–H and O–H groups in total. The van der Waals surface area contributed by atoms with Crippen LogP contribution in [0.15, 0.2) is 48.5 Å². The molecule has 1 atom stereocenters. The van der Waals surface area contributed by atoms with Crippen molar-refractivity contribution >= 4 is 29.2 Å². The fourth-order valence-corrected chi connectivity index (χ4v) is 2.31. The molecule has 0 aliphatic heterocycles. The van der Waals surface area contributed by atoms with E-state index < -0.39 is 28.8 Å². The zero-order valence-corrected chi connectivity index (χ0v) is 16.0. The van der Waals surface area contributed by atoms with E-state index in [-0.39, 0.29) is 24.2 Å². The molecule has 0 saturated heterocycles. The van der Waals surface area contributed by atoms with E-state index in [9.17, 15) is 24.5 Å². The van der Waals surface area contributed by atoms with Gasteiger partial charge in [0.25, 0.3) is 17.5 Å². The van der Waals surface area contributed by atoms with Gasteiger partial charge in [0.05, 0.1) is 11.3 Å². The lowest BCUT2D eigenvalue weighted by atomic mass is 10.2. The van der Waals surface area contributed by atoms with Crippen LogP contribution in [0.3, 0.4) is 0 Å². The maximum absolute atomic E-state index is 12.1. The molecule has 2 rings (SSSR count). The Bertz CT molecular complexity index is 893. The van der Waals surface area contributed by atoms with Crippen molar-refractivity contribution in [2.45, 2.75) is 26.4 Å². The summed E-state index contributed by atoms with van der Waals surface area (Å²) in [4.78, 5) is 45.9. The number of benzene rings is 2. The summed E-state index contributed by atoms with van der Waals surface area (Å²) < 4.78 is 5.06. The molecule has 0 heterocycles. The molecular formula is C20H21N3O6. The monoisotopic (exact) mass is 399 g/mol. The van der Waals surface area contributed by atoms with Gasteiger partial charge in [-0.25, -0.2) is 0 Å². The number of ether oxygens (including phenoxy) is 1. The Labute approximate surface area is 167 Å². The van der Waals surface area contributed by atoms with Crippen molar-refractivity contribution in [2.24, 2.45) is 0 Å². The average Bonchev–Trinajstić information content (AvgIpc) is 2.69. The van der Waals surface area contributed by atoms with E-state index in [1.807, 2.05) is 19.1 Å². The van der Waals surface area contributed by atoms with Gasteiger partial charge < -0.3 is 15.4 Å². The van der Waals surface area contributed by atoms with Crippen LogP contribution in [0.5, 0.6) is 0 Å². The lowest BCUT2D eigenvalue weighted by molar-refractivity contribution is -0.384. The summed E-state index contributed by atoms with van der Waals surface area (Å²) in [5.74, 6) is -1.57. The van der Waals surface area contributed by atoms with Gasteiger partial charge in [0.15, 0.2) is 6.10 Å². The summed E-state index contributed by atoms with van der Waals surface area (Å²) in [7, 11) is 0. The Balaban J connectivity index is 1.74. The highest BCUT2D eigenvalue weighted by Crippen LogP contribution is 2.12. The molecule has 0 spiro atoms. The summed E-state index contributed by atoms with van der Waals surface area (Å²) in [6.07, 6.45) is -1.12. The van der Waals surface area contributed by atoms with Crippen molar-refractivity contribution in [1.82, 2.24) is 5.32 Å². The molecule has 0 radical (unpaired) electrons. The molecule has 29 heavy (non-hydrogen) atoms. The van der Waals surface area contributed by atoms with E-state index in [0.717, 1.165) is 5.56 Å². The second-order valence-electron chi connectivity index (χ2n) is 6.30. The molecule has 2 amide bonds. The number of hydrogen-bond acceptors (Lipinski definition) is 6. The number of hydrogen-bond donors (Lipinski definition) is 2. The van der Waals surface area contributed by atoms with Gasteiger partial charge in [-0.1, -0.05) is 17.7 Å². The van der Waals surface area contributed by atoms with Crippen LogP contribution in [0, 0.1) is 17.0 Å². The molecule has 0 saturated carbocycles. The molecular weight excluding hydrogens is 378 g/mol. The van der Waals surface area contributed by atoms with Gasteiger partial charge in [-0.2, -0.15) is 0 Å². The zero-order valence-electron chi connectivity index (χ0n) is 16.0. The number of esters is 1. The van der Waals surface area contributed by atoms with Crippen LogP contribution < -0.4 is 10.6 Å². The number of carbonyl (C=O) groups is 3. The third-order valence-electron chi connectivity index (χ3n) is 3.95. The minimum Gasteiger partial charge on any atom is -0.452 e. The maximum atomic E-state index is 12.1. The van der Waals surface area contributed by atoms with Crippen LogP contribution in [0.1, 0.15) is 29.3 Å². The first-order valence-corrected chi connectivity index (χ1v) is 8.86. The van der Waals surface area contributed by atoms with Crippen molar-refractivity contribution < 1.29 is 24.0 Å². The van der Waals surface area contributed by atoms with Crippen LogP contribution in [-0.4, -0.2) is 35.4 Å². The smallest absolute Gasteiger partial charge is 0.308 e. The Hall–Kier alpha value is -3.75. The summed E-state index contributed by atoms with van der Waals surface area (Å²) in [5, 5.41) is 15.8. The van der Waals surface area contributed by atoms with Crippen molar-refractivity contribution in [2.75, 3.05) is 11.9 Å². The van der Waals surface area contributed by atoms with E-state index in [0.29, 0.717) is 5.69 Å². The molecule has 152 valence electrons. The van der Waals surface area contributed by atoms with Gasteiger partial charge in [0, 0.05) is 29.9 Å². The van der Waals surface area contributed by atoms with Crippen LogP contribution in [0.2, 0.25) is 0 Å². The second kappa shape index (κ2) is 9.98. The summed E-state index contributed by atoms with van der Waals surface area (Å²) in [5.41, 5.74) is 1.76. The standard InChI is InChI=1S/C20H21N3O6/c1-13-3-7-16(8-4-13)22-19(25)14(2)29-18(24)11-12-21-20(26)15-5-9-17(10-6-15)23(27)28/h3-10,14H,11-12H2,1-2H3,(H,21,26)(H,22,25)/t14-/m0/s1. The Morgan fingerprint density at radius 1 is 1.07 bits per heavy atom. The first-order valence-electron chi connectivity index (χ1n) is 8.86. The van der Waals surface area contributed by atoms with Crippen LogP contribution in [0.25, 0.3) is 0 Å². The lowest BCUT2D eigenvalue weighted by Crippen LogP contribution is -2.32. The highest BCUT2D eigenvalue weighted by Gasteiger charge is 2.18. The number of rotatable bonds is 8. The first-order chi connectivity index (χ1) is 13.8. The topological polar surface area (TPSA) is 128 Å². The van der Waals surface area contributed by atoms with E-state index in [1.165, 1.54) is 31.2 Å². The number of nitrogens with one attached hydrogen (secondary N) is 2. The van der Waals surface area contributed by atoms with Gasteiger partial charge >= 0.3 is 5.97 Å². The molecule has 0 aliphatic rings. The first kappa shape index (κ1) is 21.5. The molecule has 0 unspecified atom stereocenters. The fraction of sp³-hybridized carbons (Fsp3) is 0.250. The maximum Gasteiger partial charge on any atom is 0.308 e. The number of nitro groups is 1. The van der Waals surface area contributed by atoms with E-state index in [2.05, 4.69) is 10.6 Å². The van der Waals surface area contributed by atoms with Gasteiger partial charge in [-0.05, 0) is 38.1 Å². The molecule has 0 fully saturated rings. The summed E-state index contributed by atoms with van der Waals surface area (Å²) in [6, 6.07) is 12.3. The molecule has 0 bridgehead atoms. The average molecular weight is 399 g/mol. The number of nitrogens with zero attached hydrogens (tertiary/aromatic N) is 1. The minimum absolute atomic E-state index is 0.000948. The number of aryl methyl sites for hydroxylation is 1. The van der Waals surface area contributed by atoms with Crippen molar-refractivity contribution in [3.05, 3.63) is 69.8 Å². The molecule has 2 aromatic carbocycles. The molecule has 9 heteroatoms. The van der Waals surface area contributed by atoms with Gasteiger partial charge in [0.2, 0.25) is 0 Å². The number of non-ortho nitro benzene ring substituents is 1. The zero-order chi connectivity index (χ0) is 21.4. The molecule has 0 aliphatic carbocycles. The van der Waals surface area contributed by atoms with Crippen LogP contribution >= 0.6 is 0 Å².